The number of amides is 1. The van der Waals surface area contributed by atoms with Gasteiger partial charge in [-0.25, -0.2) is 0 Å². The molecule has 0 spiro atoms. The molecule has 1 rings (SSSR count). The van der Waals surface area contributed by atoms with E-state index in [9.17, 15) is 9.59 Å². The van der Waals surface area contributed by atoms with Crippen molar-refractivity contribution in [2.45, 2.75) is 38.4 Å². The summed E-state index contributed by atoms with van der Waals surface area (Å²) in [5, 5.41) is 10.9. The Bertz CT molecular complexity index is 445. The van der Waals surface area contributed by atoms with E-state index in [0.717, 1.165) is 36.7 Å². The zero-order valence-corrected chi connectivity index (χ0v) is 12.7. The van der Waals surface area contributed by atoms with Gasteiger partial charge in [-0.05, 0) is 37.5 Å². The van der Waals surface area contributed by atoms with Crippen LogP contribution in [-0.4, -0.2) is 28.0 Å². The molecule has 0 aliphatic heterocycles. The number of nitrogens with one attached hydrogen (secondary N) is 1. The molecule has 1 aromatic rings. The summed E-state index contributed by atoms with van der Waals surface area (Å²) in [7, 11) is 0. The molecule has 5 heteroatoms. The third-order valence-corrected chi connectivity index (χ3v) is 4.00. The number of carboxylic acids is 1. The van der Waals surface area contributed by atoms with Crippen LogP contribution in [0, 0.1) is 0 Å². The fourth-order valence-corrected chi connectivity index (χ4v) is 2.22. The van der Waals surface area contributed by atoms with Crippen molar-refractivity contribution in [3.63, 3.8) is 0 Å². The normalized spacial score (nSPS) is 11.9. The predicted molar refractivity (Wildman–Crippen MR) is 83.2 cm³/mol. The van der Waals surface area contributed by atoms with E-state index in [0.29, 0.717) is 0 Å². The molecule has 0 aliphatic rings. The number of carboxylic acid groups (broad SMARTS) is 1. The molecule has 1 unspecified atom stereocenters. The van der Waals surface area contributed by atoms with Crippen LogP contribution in [0.2, 0.25) is 0 Å². The van der Waals surface area contributed by atoms with Gasteiger partial charge in [0.1, 0.15) is 0 Å². The molecule has 1 atom stereocenters. The highest BCUT2D eigenvalue weighted by Crippen LogP contribution is 2.14. The van der Waals surface area contributed by atoms with Crippen LogP contribution in [0.1, 0.15) is 32.3 Å². The Balaban J connectivity index is 2.40. The summed E-state index contributed by atoms with van der Waals surface area (Å²) in [4.78, 5) is 22.3. The number of carbonyl (C=O) groups is 2. The number of aliphatic carboxylic acids is 1. The van der Waals surface area contributed by atoms with Gasteiger partial charge in [-0.2, -0.15) is 0 Å². The first kappa shape index (κ1) is 16.6. The fourth-order valence-electron chi connectivity index (χ4n) is 1.60. The zero-order valence-electron chi connectivity index (χ0n) is 11.9. The minimum Gasteiger partial charge on any atom is -0.480 e. The van der Waals surface area contributed by atoms with Gasteiger partial charge in [0.2, 0.25) is 5.91 Å². The Morgan fingerprint density at radius 2 is 1.95 bits per heavy atom. The molecule has 0 aromatic heterocycles. The average Bonchev–Trinajstić information content (AvgIpc) is 2.44. The number of anilines is 1. The maximum atomic E-state index is 11.7. The lowest BCUT2D eigenvalue weighted by molar-refractivity contribution is -0.136. The maximum Gasteiger partial charge on any atom is 0.316 e. The van der Waals surface area contributed by atoms with Crippen LogP contribution in [0.5, 0.6) is 0 Å². The first-order chi connectivity index (χ1) is 9.52. The van der Waals surface area contributed by atoms with Crippen molar-refractivity contribution in [3.05, 3.63) is 29.8 Å². The first-order valence-electron chi connectivity index (χ1n) is 6.76. The molecule has 4 nitrogen and oxygen atoms in total. The summed E-state index contributed by atoms with van der Waals surface area (Å²) >= 11 is 1.11. The van der Waals surface area contributed by atoms with Crippen molar-refractivity contribution in [2.24, 2.45) is 0 Å². The number of rotatable bonds is 8. The molecular weight excluding hydrogens is 274 g/mol. The molecule has 110 valence electrons. The maximum absolute atomic E-state index is 11.7. The molecule has 0 fully saturated rings. The standard InChI is InChI=1S/C15H21NO3S/c1-3-4-5-12-6-8-13(9-7-12)16-14(17)10-20-11(2)15(18)19/h6-9,11H,3-5,10H2,1-2H3,(H,16,17)(H,18,19). The van der Waals surface area contributed by atoms with E-state index >= 15 is 0 Å². The van der Waals surface area contributed by atoms with Gasteiger partial charge in [-0.15, -0.1) is 11.8 Å². The van der Waals surface area contributed by atoms with Crippen LogP contribution >= 0.6 is 11.8 Å². The van der Waals surface area contributed by atoms with Crippen LogP contribution < -0.4 is 5.32 Å². The molecule has 1 aromatic carbocycles. The van der Waals surface area contributed by atoms with Gasteiger partial charge in [-0.3, -0.25) is 9.59 Å². The van der Waals surface area contributed by atoms with Gasteiger partial charge in [0.15, 0.2) is 0 Å². The SMILES string of the molecule is CCCCc1ccc(NC(=O)CSC(C)C(=O)O)cc1. The molecule has 0 heterocycles. The summed E-state index contributed by atoms with van der Waals surface area (Å²) in [5.41, 5.74) is 2.01. The second-order valence-electron chi connectivity index (χ2n) is 4.64. The summed E-state index contributed by atoms with van der Waals surface area (Å²) in [6.45, 7) is 3.73. The summed E-state index contributed by atoms with van der Waals surface area (Å²) < 4.78 is 0. The van der Waals surface area contributed by atoms with Crippen LogP contribution in [-0.2, 0) is 16.0 Å². The lowest BCUT2D eigenvalue weighted by Gasteiger charge is -2.08. The third kappa shape index (κ3) is 6.10. The average molecular weight is 295 g/mol. The monoisotopic (exact) mass is 295 g/mol. The van der Waals surface area contributed by atoms with E-state index in [2.05, 4.69) is 12.2 Å². The highest BCUT2D eigenvalue weighted by molar-refractivity contribution is 8.01. The quantitative estimate of drug-likeness (QED) is 0.773. The van der Waals surface area contributed by atoms with E-state index in [1.54, 1.807) is 6.92 Å². The second-order valence-corrected chi connectivity index (χ2v) is 5.97. The molecule has 0 saturated heterocycles. The molecule has 1 amide bonds. The number of aryl methyl sites for hydroxylation is 1. The van der Waals surface area contributed by atoms with Crippen LogP contribution in [0.15, 0.2) is 24.3 Å². The Morgan fingerprint density at radius 1 is 1.30 bits per heavy atom. The zero-order chi connectivity index (χ0) is 15.0. The van der Waals surface area contributed by atoms with Crippen molar-refractivity contribution in [1.82, 2.24) is 0 Å². The third-order valence-electron chi connectivity index (χ3n) is 2.87. The Labute approximate surface area is 124 Å². The van der Waals surface area contributed by atoms with Crippen molar-refractivity contribution in [1.29, 1.82) is 0 Å². The van der Waals surface area contributed by atoms with Crippen molar-refractivity contribution in [3.8, 4) is 0 Å². The van der Waals surface area contributed by atoms with Gasteiger partial charge in [0.05, 0.1) is 11.0 Å². The largest absolute Gasteiger partial charge is 0.480 e. The highest BCUT2D eigenvalue weighted by Gasteiger charge is 2.13. The molecule has 0 radical (unpaired) electrons. The van der Waals surface area contributed by atoms with Crippen LogP contribution in [0.3, 0.4) is 0 Å². The lowest BCUT2D eigenvalue weighted by Crippen LogP contribution is -2.19. The number of carbonyl (C=O) groups excluding carboxylic acids is 1. The molecule has 2 N–H and O–H groups in total. The number of thioether (sulfide) groups is 1. The van der Waals surface area contributed by atoms with Crippen LogP contribution in [0.25, 0.3) is 0 Å². The Morgan fingerprint density at radius 3 is 2.50 bits per heavy atom. The van der Waals surface area contributed by atoms with E-state index in [4.69, 9.17) is 5.11 Å². The Hall–Kier alpha value is -1.49. The predicted octanol–water partition coefficient (Wildman–Crippen LogP) is 3.17. The minimum atomic E-state index is -0.900. The van der Waals surface area contributed by atoms with Gasteiger partial charge >= 0.3 is 5.97 Å². The molecule has 0 aliphatic carbocycles. The number of benzene rings is 1. The van der Waals surface area contributed by atoms with E-state index in [-0.39, 0.29) is 11.7 Å². The highest BCUT2D eigenvalue weighted by atomic mass is 32.2. The summed E-state index contributed by atoms with van der Waals surface area (Å²) in [6.07, 6.45) is 3.38. The first-order valence-corrected chi connectivity index (χ1v) is 7.81. The molecule has 20 heavy (non-hydrogen) atoms. The van der Waals surface area contributed by atoms with E-state index in [1.807, 2.05) is 24.3 Å². The summed E-state index contributed by atoms with van der Waals surface area (Å²) in [6, 6.07) is 7.79. The van der Waals surface area contributed by atoms with Gasteiger partial charge in [0, 0.05) is 5.69 Å². The molecule has 0 saturated carbocycles. The topological polar surface area (TPSA) is 66.4 Å². The fraction of sp³-hybridized carbons (Fsp3) is 0.467. The van der Waals surface area contributed by atoms with Crippen molar-refractivity contribution in [2.75, 3.05) is 11.1 Å². The van der Waals surface area contributed by atoms with Crippen LogP contribution in [0.4, 0.5) is 5.69 Å². The molecular formula is C15H21NO3S. The summed E-state index contributed by atoms with van der Waals surface area (Å²) in [5.74, 6) is -0.933. The number of unbranched alkanes of at least 4 members (excludes halogenated alkanes) is 1. The Kier molecular flexibility index (Phi) is 7.15. The van der Waals surface area contributed by atoms with E-state index in [1.165, 1.54) is 5.56 Å². The van der Waals surface area contributed by atoms with Gasteiger partial charge < -0.3 is 10.4 Å². The smallest absolute Gasteiger partial charge is 0.316 e. The van der Waals surface area contributed by atoms with Crippen molar-refractivity contribution < 1.29 is 14.7 Å². The second kappa shape index (κ2) is 8.64. The molecule has 0 bridgehead atoms. The van der Waals surface area contributed by atoms with Gasteiger partial charge in [0.25, 0.3) is 0 Å². The van der Waals surface area contributed by atoms with E-state index < -0.39 is 11.2 Å². The lowest BCUT2D eigenvalue weighted by atomic mass is 10.1. The number of hydrogen-bond donors (Lipinski definition) is 2. The van der Waals surface area contributed by atoms with Gasteiger partial charge in [-0.1, -0.05) is 25.5 Å². The number of hydrogen-bond acceptors (Lipinski definition) is 3. The minimum absolute atomic E-state index is 0.144. The van der Waals surface area contributed by atoms with Crippen molar-refractivity contribution >= 4 is 29.3 Å².